The summed E-state index contributed by atoms with van der Waals surface area (Å²) in [6.45, 7) is 2.37. The van der Waals surface area contributed by atoms with E-state index in [1.807, 2.05) is 67.6 Å². The molecule has 1 heterocycles. The molecule has 1 saturated heterocycles. The van der Waals surface area contributed by atoms with Crippen molar-refractivity contribution >= 4 is 46.2 Å². The summed E-state index contributed by atoms with van der Waals surface area (Å²) in [7, 11) is 1.59. The molecule has 32 heavy (non-hydrogen) atoms. The molecular weight excluding hydrogens is 444 g/mol. The molecule has 5 nitrogen and oxygen atoms in total. The van der Waals surface area contributed by atoms with Gasteiger partial charge in [-0.05, 0) is 65.7 Å². The van der Waals surface area contributed by atoms with Crippen LogP contribution in [0.5, 0.6) is 11.5 Å². The minimum atomic E-state index is -0.199. The molecule has 162 valence electrons. The van der Waals surface area contributed by atoms with Crippen LogP contribution in [0, 0.1) is 6.92 Å². The van der Waals surface area contributed by atoms with Gasteiger partial charge in [0, 0.05) is 5.02 Å². The van der Waals surface area contributed by atoms with Gasteiger partial charge in [0.05, 0.1) is 17.7 Å². The number of hydrogen-bond donors (Lipinski definition) is 1. The van der Waals surface area contributed by atoms with Crippen molar-refractivity contribution in [3.63, 3.8) is 0 Å². The quantitative estimate of drug-likeness (QED) is 0.446. The van der Waals surface area contributed by atoms with E-state index in [2.05, 4.69) is 10.3 Å². The van der Waals surface area contributed by atoms with E-state index in [0.29, 0.717) is 38.9 Å². The van der Waals surface area contributed by atoms with Gasteiger partial charge >= 0.3 is 0 Å². The second kappa shape index (κ2) is 9.94. The Morgan fingerprint density at radius 2 is 1.88 bits per heavy atom. The predicted molar refractivity (Wildman–Crippen MR) is 131 cm³/mol. The zero-order chi connectivity index (χ0) is 22.5. The van der Waals surface area contributed by atoms with Crippen LogP contribution < -0.4 is 14.8 Å². The number of methoxy groups -OCH3 is 1. The maximum absolute atomic E-state index is 12.4. The van der Waals surface area contributed by atoms with Gasteiger partial charge in [-0.3, -0.25) is 4.79 Å². The van der Waals surface area contributed by atoms with E-state index >= 15 is 0 Å². The first kappa shape index (κ1) is 22.0. The van der Waals surface area contributed by atoms with E-state index in [1.165, 1.54) is 11.8 Å². The number of rotatable bonds is 6. The molecule has 0 aliphatic carbocycles. The SMILES string of the molecule is COc1cc(/C=C2\SC(=Nc3ccc(C)c(Cl)c3)NC2=O)ccc1OCc1ccccc1. The van der Waals surface area contributed by atoms with Crippen LogP contribution in [0.25, 0.3) is 6.08 Å². The topological polar surface area (TPSA) is 59.9 Å². The minimum Gasteiger partial charge on any atom is -0.493 e. The number of benzene rings is 3. The maximum Gasteiger partial charge on any atom is 0.264 e. The summed E-state index contributed by atoms with van der Waals surface area (Å²) in [6, 6.07) is 21.0. The highest BCUT2D eigenvalue weighted by molar-refractivity contribution is 8.18. The molecular formula is C25H21ClN2O3S. The summed E-state index contributed by atoms with van der Waals surface area (Å²) in [6.07, 6.45) is 1.80. The Bertz CT molecular complexity index is 1210. The lowest BCUT2D eigenvalue weighted by Gasteiger charge is -2.11. The third-order valence-corrected chi connectivity index (χ3v) is 6.08. The first-order chi connectivity index (χ1) is 15.5. The van der Waals surface area contributed by atoms with Crippen LogP contribution in [0.2, 0.25) is 5.02 Å². The van der Waals surface area contributed by atoms with Crippen LogP contribution in [0.1, 0.15) is 16.7 Å². The minimum absolute atomic E-state index is 0.199. The summed E-state index contributed by atoms with van der Waals surface area (Å²) in [5.74, 6) is 1.04. The molecule has 7 heteroatoms. The number of aliphatic imine (C=N–C) groups is 1. The number of amides is 1. The third kappa shape index (κ3) is 5.33. The molecule has 0 spiro atoms. The van der Waals surface area contributed by atoms with E-state index in [4.69, 9.17) is 21.1 Å². The number of halogens is 1. The fraction of sp³-hybridized carbons (Fsp3) is 0.120. The number of amidine groups is 1. The second-order valence-corrected chi connectivity index (χ2v) is 8.54. The van der Waals surface area contributed by atoms with Crippen molar-refractivity contribution in [1.82, 2.24) is 5.32 Å². The monoisotopic (exact) mass is 464 g/mol. The van der Waals surface area contributed by atoms with Crippen molar-refractivity contribution < 1.29 is 14.3 Å². The van der Waals surface area contributed by atoms with Crippen LogP contribution in [0.3, 0.4) is 0 Å². The Labute approximate surface area is 196 Å². The van der Waals surface area contributed by atoms with Crippen molar-refractivity contribution in [3.05, 3.63) is 93.3 Å². The number of nitrogens with one attached hydrogen (secondary N) is 1. The summed E-state index contributed by atoms with van der Waals surface area (Å²) in [4.78, 5) is 17.4. The molecule has 1 aliphatic rings. The molecule has 3 aromatic rings. The van der Waals surface area contributed by atoms with Gasteiger partial charge in [-0.25, -0.2) is 4.99 Å². The molecule has 1 aliphatic heterocycles. The average Bonchev–Trinajstić information content (AvgIpc) is 3.14. The molecule has 0 aromatic heterocycles. The van der Waals surface area contributed by atoms with E-state index in [1.54, 1.807) is 19.3 Å². The van der Waals surface area contributed by atoms with Crippen molar-refractivity contribution in [3.8, 4) is 11.5 Å². The summed E-state index contributed by atoms with van der Waals surface area (Å²) < 4.78 is 11.4. The number of hydrogen-bond acceptors (Lipinski definition) is 5. The van der Waals surface area contributed by atoms with E-state index in [-0.39, 0.29) is 5.91 Å². The molecule has 0 unspecified atom stereocenters. The first-order valence-electron chi connectivity index (χ1n) is 9.92. The van der Waals surface area contributed by atoms with Crippen molar-refractivity contribution in [2.24, 2.45) is 4.99 Å². The van der Waals surface area contributed by atoms with E-state index in [9.17, 15) is 4.79 Å². The highest BCUT2D eigenvalue weighted by atomic mass is 35.5. The van der Waals surface area contributed by atoms with Gasteiger partial charge in [0.15, 0.2) is 16.7 Å². The van der Waals surface area contributed by atoms with Gasteiger partial charge in [0.2, 0.25) is 0 Å². The summed E-state index contributed by atoms with van der Waals surface area (Å²) in [5.41, 5.74) is 3.56. The van der Waals surface area contributed by atoms with Gasteiger partial charge in [-0.2, -0.15) is 0 Å². The van der Waals surface area contributed by atoms with Gasteiger partial charge < -0.3 is 14.8 Å². The molecule has 1 amide bonds. The van der Waals surface area contributed by atoms with Crippen molar-refractivity contribution in [2.45, 2.75) is 13.5 Å². The second-order valence-electron chi connectivity index (χ2n) is 7.10. The number of aryl methyl sites for hydroxylation is 1. The van der Waals surface area contributed by atoms with Crippen LogP contribution in [-0.2, 0) is 11.4 Å². The number of carbonyl (C=O) groups is 1. The standard InChI is InChI=1S/C25H21ClN2O3S/c1-16-8-10-19(14-20(16)26)27-25-28-24(29)23(32-25)13-18-9-11-21(22(12-18)30-2)31-15-17-6-4-3-5-7-17/h3-14H,15H2,1-2H3,(H,27,28,29)/b23-13-. The van der Waals surface area contributed by atoms with E-state index < -0.39 is 0 Å². The normalized spacial score (nSPS) is 15.8. The lowest BCUT2D eigenvalue weighted by Crippen LogP contribution is -2.19. The Morgan fingerprint density at radius 1 is 1.06 bits per heavy atom. The lowest BCUT2D eigenvalue weighted by atomic mass is 10.2. The molecule has 0 atom stereocenters. The fourth-order valence-electron chi connectivity index (χ4n) is 3.03. The lowest BCUT2D eigenvalue weighted by molar-refractivity contribution is -0.115. The van der Waals surface area contributed by atoms with Crippen LogP contribution in [0.15, 0.2) is 76.6 Å². The molecule has 3 aromatic carbocycles. The van der Waals surface area contributed by atoms with Crippen molar-refractivity contribution in [1.29, 1.82) is 0 Å². The van der Waals surface area contributed by atoms with Gasteiger partial charge in [0.1, 0.15) is 6.61 Å². The Balaban J connectivity index is 1.49. The first-order valence-corrected chi connectivity index (χ1v) is 11.1. The van der Waals surface area contributed by atoms with Gasteiger partial charge in [-0.15, -0.1) is 0 Å². The zero-order valence-electron chi connectivity index (χ0n) is 17.6. The Morgan fingerprint density at radius 3 is 2.62 bits per heavy atom. The number of nitrogens with zero attached hydrogens (tertiary/aromatic N) is 1. The predicted octanol–water partition coefficient (Wildman–Crippen LogP) is 6.13. The Hall–Kier alpha value is -3.22. The van der Waals surface area contributed by atoms with Crippen LogP contribution in [-0.4, -0.2) is 18.2 Å². The maximum atomic E-state index is 12.4. The smallest absolute Gasteiger partial charge is 0.264 e. The van der Waals surface area contributed by atoms with Gasteiger partial charge in [0.25, 0.3) is 5.91 Å². The fourth-order valence-corrected chi connectivity index (χ4v) is 4.05. The summed E-state index contributed by atoms with van der Waals surface area (Å²) in [5, 5.41) is 3.94. The Kier molecular flexibility index (Phi) is 6.83. The largest absolute Gasteiger partial charge is 0.493 e. The molecule has 0 bridgehead atoms. The highest BCUT2D eigenvalue weighted by Crippen LogP contribution is 2.33. The average molecular weight is 465 g/mol. The van der Waals surface area contributed by atoms with E-state index in [0.717, 1.165) is 16.7 Å². The highest BCUT2D eigenvalue weighted by Gasteiger charge is 2.24. The summed E-state index contributed by atoms with van der Waals surface area (Å²) >= 11 is 7.44. The van der Waals surface area contributed by atoms with Crippen LogP contribution >= 0.6 is 23.4 Å². The molecule has 1 fully saturated rings. The number of carbonyl (C=O) groups excluding carboxylic acids is 1. The number of ether oxygens (including phenoxy) is 2. The molecule has 0 radical (unpaired) electrons. The van der Waals surface area contributed by atoms with Gasteiger partial charge in [-0.1, -0.05) is 54.1 Å². The van der Waals surface area contributed by atoms with Crippen LogP contribution in [0.4, 0.5) is 5.69 Å². The third-order valence-electron chi connectivity index (χ3n) is 4.76. The van der Waals surface area contributed by atoms with Crippen molar-refractivity contribution in [2.75, 3.05) is 7.11 Å². The number of thioether (sulfide) groups is 1. The zero-order valence-corrected chi connectivity index (χ0v) is 19.2. The molecule has 1 N–H and O–H groups in total. The molecule has 4 rings (SSSR count). The molecule has 0 saturated carbocycles.